The lowest BCUT2D eigenvalue weighted by molar-refractivity contribution is -0.138. The molecule has 0 aliphatic heterocycles. The van der Waals surface area contributed by atoms with Crippen molar-refractivity contribution in [1.82, 2.24) is 4.90 Å². The first kappa shape index (κ1) is 15.5. The standard InChI is InChI=1S/C15H23NO3/c1-11(2)8-16(10-15(17)18)9-13-7-12(3)5-6-14(13)19-4/h5-7,11H,8-10H2,1-4H3,(H,17,18). The van der Waals surface area contributed by atoms with Crippen LogP contribution in [0.4, 0.5) is 0 Å². The van der Waals surface area contributed by atoms with E-state index in [-0.39, 0.29) is 6.54 Å². The number of aliphatic carboxylic acids is 1. The van der Waals surface area contributed by atoms with Gasteiger partial charge in [-0.1, -0.05) is 31.5 Å². The molecule has 1 aromatic rings. The second-order valence-corrected chi connectivity index (χ2v) is 5.27. The SMILES string of the molecule is COc1ccc(C)cc1CN(CC(=O)O)CC(C)C. The number of hydrogen-bond donors (Lipinski definition) is 1. The summed E-state index contributed by atoms with van der Waals surface area (Å²) in [4.78, 5) is 12.9. The van der Waals surface area contributed by atoms with Gasteiger partial charge in [0.15, 0.2) is 0 Å². The molecule has 0 unspecified atom stereocenters. The van der Waals surface area contributed by atoms with Crippen molar-refractivity contribution in [1.29, 1.82) is 0 Å². The zero-order valence-corrected chi connectivity index (χ0v) is 12.1. The Morgan fingerprint density at radius 3 is 2.63 bits per heavy atom. The number of hydrogen-bond acceptors (Lipinski definition) is 3. The van der Waals surface area contributed by atoms with E-state index in [9.17, 15) is 4.79 Å². The number of methoxy groups -OCH3 is 1. The number of benzene rings is 1. The smallest absolute Gasteiger partial charge is 0.317 e. The van der Waals surface area contributed by atoms with Gasteiger partial charge in [0.05, 0.1) is 13.7 Å². The van der Waals surface area contributed by atoms with Crippen LogP contribution in [0.5, 0.6) is 5.75 Å². The predicted octanol–water partition coefficient (Wildman–Crippen LogP) is 2.55. The van der Waals surface area contributed by atoms with E-state index in [2.05, 4.69) is 13.8 Å². The highest BCUT2D eigenvalue weighted by atomic mass is 16.5. The van der Waals surface area contributed by atoms with Gasteiger partial charge >= 0.3 is 5.97 Å². The Balaban J connectivity index is 2.88. The summed E-state index contributed by atoms with van der Waals surface area (Å²) in [5.41, 5.74) is 2.18. The van der Waals surface area contributed by atoms with Crippen molar-refractivity contribution in [2.24, 2.45) is 5.92 Å². The van der Waals surface area contributed by atoms with E-state index in [0.29, 0.717) is 12.5 Å². The third kappa shape index (κ3) is 5.30. The second-order valence-electron chi connectivity index (χ2n) is 5.27. The minimum absolute atomic E-state index is 0.0509. The molecule has 1 N–H and O–H groups in total. The molecule has 1 rings (SSSR count). The number of ether oxygens (including phenoxy) is 1. The molecule has 0 aliphatic rings. The monoisotopic (exact) mass is 265 g/mol. The van der Waals surface area contributed by atoms with Gasteiger partial charge in [0.1, 0.15) is 5.75 Å². The summed E-state index contributed by atoms with van der Waals surface area (Å²) in [6.45, 7) is 7.59. The third-order valence-electron chi connectivity index (χ3n) is 2.81. The van der Waals surface area contributed by atoms with Crippen LogP contribution >= 0.6 is 0 Å². The maximum Gasteiger partial charge on any atom is 0.317 e. The van der Waals surface area contributed by atoms with Gasteiger partial charge in [-0.2, -0.15) is 0 Å². The van der Waals surface area contributed by atoms with Crippen LogP contribution in [0.3, 0.4) is 0 Å². The van der Waals surface area contributed by atoms with E-state index in [1.165, 1.54) is 0 Å². The molecule has 0 bridgehead atoms. The van der Waals surface area contributed by atoms with Crippen LogP contribution in [0, 0.1) is 12.8 Å². The highest BCUT2D eigenvalue weighted by molar-refractivity contribution is 5.69. The van der Waals surface area contributed by atoms with E-state index in [1.807, 2.05) is 30.0 Å². The van der Waals surface area contributed by atoms with Gasteiger partial charge in [-0.05, 0) is 18.9 Å². The number of carbonyl (C=O) groups is 1. The maximum atomic E-state index is 10.9. The average Bonchev–Trinajstić information content (AvgIpc) is 2.27. The van der Waals surface area contributed by atoms with Crippen LogP contribution in [0.15, 0.2) is 18.2 Å². The zero-order valence-electron chi connectivity index (χ0n) is 12.1. The van der Waals surface area contributed by atoms with Crippen LogP contribution in [0.2, 0.25) is 0 Å². The quantitative estimate of drug-likeness (QED) is 0.823. The molecule has 0 spiro atoms. The van der Waals surface area contributed by atoms with Crippen molar-refractivity contribution in [2.75, 3.05) is 20.2 Å². The van der Waals surface area contributed by atoms with Crippen LogP contribution in [0.25, 0.3) is 0 Å². The molecule has 19 heavy (non-hydrogen) atoms. The fraction of sp³-hybridized carbons (Fsp3) is 0.533. The Bertz CT molecular complexity index is 429. The van der Waals surface area contributed by atoms with Crippen LogP contribution < -0.4 is 4.74 Å². The van der Waals surface area contributed by atoms with Gasteiger partial charge in [0.25, 0.3) is 0 Å². The molecule has 0 amide bonds. The predicted molar refractivity (Wildman–Crippen MR) is 75.5 cm³/mol. The lowest BCUT2D eigenvalue weighted by atomic mass is 10.1. The molecule has 4 heteroatoms. The van der Waals surface area contributed by atoms with Crippen molar-refractivity contribution >= 4 is 5.97 Å². The van der Waals surface area contributed by atoms with Crippen molar-refractivity contribution in [3.05, 3.63) is 29.3 Å². The van der Waals surface area contributed by atoms with Crippen LogP contribution in [0.1, 0.15) is 25.0 Å². The summed E-state index contributed by atoms with van der Waals surface area (Å²) in [5.74, 6) is 0.437. The Morgan fingerprint density at radius 2 is 2.11 bits per heavy atom. The number of aryl methyl sites for hydroxylation is 1. The number of rotatable bonds is 7. The normalized spacial score (nSPS) is 11.1. The summed E-state index contributed by atoms with van der Waals surface area (Å²) < 4.78 is 5.34. The minimum atomic E-state index is -0.799. The van der Waals surface area contributed by atoms with Gasteiger partial charge in [-0.25, -0.2) is 0 Å². The van der Waals surface area contributed by atoms with Crippen LogP contribution in [-0.4, -0.2) is 36.2 Å². The molecule has 106 valence electrons. The second kappa shape index (κ2) is 7.14. The highest BCUT2D eigenvalue weighted by Crippen LogP contribution is 2.21. The number of nitrogens with zero attached hydrogens (tertiary/aromatic N) is 1. The summed E-state index contributed by atoms with van der Waals surface area (Å²) >= 11 is 0. The Kier molecular flexibility index (Phi) is 5.83. The lowest BCUT2D eigenvalue weighted by Crippen LogP contribution is -2.32. The summed E-state index contributed by atoms with van der Waals surface area (Å²) in [7, 11) is 1.64. The Hall–Kier alpha value is -1.55. The highest BCUT2D eigenvalue weighted by Gasteiger charge is 2.14. The van der Waals surface area contributed by atoms with Crippen molar-refractivity contribution in [3.8, 4) is 5.75 Å². The molecule has 0 aromatic heterocycles. The van der Waals surface area contributed by atoms with Crippen LogP contribution in [-0.2, 0) is 11.3 Å². The summed E-state index contributed by atoms with van der Waals surface area (Å²) in [6.07, 6.45) is 0. The fourth-order valence-corrected chi connectivity index (χ4v) is 2.16. The molecule has 0 radical (unpaired) electrons. The Morgan fingerprint density at radius 1 is 1.42 bits per heavy atom. The van der Waals surface area contributed by atoms with Crippen molar-refractivity contribution < 1.29 is 14.6 Å². The number of carboxylic acids is 1. The zero-order chi connectivity index (χ0) is 14.4. The fourth-order valence-electron chi connectivity index (χ4n) is 2.16. The topological polar surface area (TPSA) is 49.8 Å². The first-order valence-corrected chi connectivity index (χ1v) is 6.50. The number of carboxylic acid groups (broad SMARTS) is 1. The third-order valence-corrected chi connectivity index (χ3v) is 2.81. The van der Waals surface area contributed by atoms with Gasteiger partial charge in [0.2, 0.25) is 0 Å². The van der Waals surface area contributed by atoms with E-state index < -0.39 is 5.97 Å². The van der Waals surface area contributed by atoms with Gasteiger partial charge in [0, 0.05) is 18.7 Å². The van der Waals surface area contributed by atoms with E-state index in [4.69, 9.17) is 9.84 Å². The first-order chi connectivity index (χ1) is 8.92. The largest absolute Gasteiger partial charge is 0.496 e. The van der Waals surface area contributed by atoms with Gasteiger partial charge in [-0.3, -0.25) is 9.69 Å². The average molecular weight is 265 g/mol. The van der Waals surface area contributed by atoms with E-state index in [1.54, 1.807) is 7.11 Å². The molecule has 1 aromatic carbocycles. The minimum Gasteiger partial charge on any atom is -0.496 e. The Labute approximate surface area is 115 Å². The molecule has 0 atom stereocenters. The molecule has 0 fully saturated rings. The van der Waals surface area contributed by atoms with Crippen molar-refractivity contribution in [2.45, 2.75) is 27.3 Å². The molecule has 0 saturated carbocycles. The summed E-state index contributed by atoms with van der Waals surface area (Å²) in [5, 5.41) is 8.98. The van der Waals surface area contributed by atoms with E-state index in [0.717, 1.165) is 23.4 Å². The maximum absolute atomic E-state index is 10.9. The first-order valence-electron chi connectivity index (χ1n) is 6.50. The van der Waals surface area contributed by atoms with Crippen molar-refractivity contribution in [3.63, 3.8) is 0 Å². The molecule has 0 aliphatic carbocycles. The molecular formula is C15H23NO3. The van der Waals surface area contributed by atoms with E-state index >= 15 is 0 Å². The molecular weight excluding hydrogens is 242 g/mol. The molecule has 0 heterocycles. The lowest BCUT2D eigenvalue weighted by Gasteiger charge is -2.23. The molecule has 4 nitrogen and oxygen atoms in total. The summed E-state index contributed by atoms with van der Waals surface area (Å²) in [6, 6.07) is 5.97. The molecule has 0 saturated heterocycles. The van der Waals surface area contributed by atoms with Gasteiger partial charge in [-0.15, -0.1) is 0 Å². The van der Waals surface area contributed by atoms with Gasteiger partial charge < -0.3 is 9.84 Å².